The number of aromatic nitrogens is 4. The summed E-state index contributed by atoms with van der Waals surface area (Å²) in [5.41, 5.74) is 0. The smallest absolute Gasteiger partial charge is 0.230 e. The van der Waals surface area contributed by atoms with Crippen LogP contribution in [0, 0.1) is 5.92 Å². The summed E-state index contributed by atoms with van der Waals surface area (Å²) in [6, 6.07) is 0. The van der Waals surface area contributed by atoms with Gasteiger partial charge in [0, 0.05) is 5.75 Å². The second-order valence-corrected chi connectivity index (χ2v) is 3.85. The molecule has 1 aliphatic heterocycles. The van der Waals surface area contributed by atoms with Gasteiger partial charge >= 0.3 is 0 Å². The lowest BCUT2D eigenvalue weighted by molar-refractivity contribution is 0.661. The quantitative estimate of drug-likeness (QED) is 0.644. The standard InChI is InChI=1S/C6H11N5S/c1-2-7-3-5(1)4-12-6-8-10-11-9-6/h5,7H,1-4H2,(H,8,9,10,11). The zero-order valence-corrected chi connectivity index (χ0v) is 7.47. The summed E-state index contributed by atoms with van der Waals surface area (Å²) in [5, 5.41) is 17.8. The van der Waals surface area contributed by atoms with Crippen LogP contribution >= 0.6 is 11.8 Å². The van der Waals surface area contributed by atoms with Gasteiger partial charge in [0.1, 0.15) is 0 Å². The first-order valence-corrected chi connectivity index (χ1v) is 5.00. The van der Waals surface area contributed by atoms with Crippen LogP contribution in [-0.2, 0) is 0 Å². The molecular weight excluding hydrogens is 174 g/mol. The van der Waals surface area contributed by atoms with E-state index in [1.807, 2.05) is 0 Å². The Bertz CT molecular complexity index is 218. The Morgan fingerprint density at radius 1 is 1.58 bits per heavy atom. The van der Waals surface area contributed by atoms with E-state index < -0.39 is 0 Å². The Kier molecular flexibility index (Phi) is 2.57. The molecule has 0 aromatic carbocycles. The van der Waals surface area contributed by atoms with Gasteiger partial charge in [0.05, 0.1) is 0 Å². The molecule has 2 N–H and O–H groups in total. The number of aromatic amines is 1. The average molecular weight is 185 g/mol. The van der Waals surface area contributed by atoms with E-state index in [9.17, 15) is 0 Å². The highest BCUT2D eigenvalue weighted by Gasteiger charge is 2.15. The third kappa shape index (κ3) is 1.95. The Morgan fingerprint density at radius 2 is 2.58 bits per heavy atom. The summed E-state index contributed by atoms with van der Waals surface area (Å²) >= 11 is 1.67. The predicted octanol–water partition coefficient (Wildman–Crippen LogP) is -0.0987. The number of nitrogens with zero attached hydrogens (tertiary/aromatic N) is 3. The first-order chi connectivity index (χ1) is 5.95. The normalized spacial score (nSPS) is 23.2. The molecule has 0 radical (unpaired) electrons. The zero-order chi connectivity index (χ0) is 8.23. The van der Waals surface area contributed by atoms with Crippen molar-refractivity contribution in [1.82, 2.24) is 25.9 Å². The van der Waals surface area contributed by atoms with Gasteiger partial charge in [-0.05, 0) is 30.6 Å². The maximum Gasteiger partial charge on any atom is 0.230 e. The molecule has 12 heavy (non-hydrogen) atoms. The molecular formula is C6H11N5S. The van der Waals surface area contributed by atoms with E-state index in [1.54, 1.807) is 11.8 Å². The van der Waals surface area contributed by atoms with Crippen LogP contribution in [0.3, 0.4) is 0 Å². The molecule has 6 heteroatoms. The topological polar surface area (TPSA) is 66.5 Å². The van der Waals surface area contributed by atoms with E-state index in [1.165, 1.54) is 6.42 Å². The van der Waals surface area contributed by atoms with Gasteiger partial charge < -0.3 is 5.32 Å². The summed E-state index contributed by atoms with van der Waals surface area (Å²) in [6.07, 6.45) is 1.27. The molecule has 0 saturated carbocycles. The van der Waals surface area contributed by atoms with E-state index in [0.29, 0.717) is 0 Å². The highest BCUT2D eigenvalue weighted by molar-refractivity contribution is 7.99. The molecule has 1 aromatic heterocycles. The van der Waals surface area contributed by atoms with Crippen LogP contribution < -0.4 is 5.32 Å². The molecule has 5 nitrogen and oxygen atoms in total. The van der Waals surface area contributed by atoms with Crippen molar-refractivity contribution in [3.8, 4) is 0 Å². The summed E-state index contributed by atoms with van der Waals surface area (Å²) in [4.78, 5) is 0. The van der Waals surface area contributed by atoms with Crippen LogP contribution in [0.1, 0.15) is 6.42 Å². The van der Waals surface area contributed by atoms with Crippen molar-refractivity contribution in [2.24, 2.45) is 5.92 Å². The molecule has 0 spiro atoms. The van der Waals surface area contributed by atoms with Gasteiger partial charge in [0.15, 0.2) is 0 Å². The Morgan fingerprint density at radius 3 is 3.25 bits per heavy atom. The molecule has 0 bridgehead atoms. The Balaban J connectivity index is 1.74. The van der Waals surface area contributed by atoms with Crippen molar-refractivity contribution in [1.29, 1.82) is 0 Å². The first-order valence-electron chi connectivity index (χ1n) is 4.02. The molecule has 1 aromatic rings. The fourth-order valence-corrected chi connectivity index (χ4v) is 2.14. The van der Waals surface area contributed by atoms with Crippen molar-refractivity contribution in [3.05, 3.63) is 0 Å². The number of thioether (sulfide) groups is 1. The summed E-state index contributed by atoms with van der Waals surface area (Å²) < 4.78 is 0. The molecule has 0 aliphatic carbocycles. The monoisotopic (exact) mass is 185 g/mol. The van der Waals surface area contributed by atoms with Crippen LogP contribution in [0.2, 0.25) is 0 Å². The molecule has 1 fully saturated rings. The van der Waals surface area contributed by atoms with Gasteiger partial charge in [0.2, 0.25) is 5.16 Å². The average Bonchev–Trinajstić information content (AvgIpc) is 2.74. The second kappa shape index (κ2) is 3.86. The minimum Gasteiger partial charge on any atom is -0.316 e. The fraction of sp³-hybridized carbons (Fsp3) is 0.833. The van der Waals surface area contributed by atoms with Crippen molar-refractivity contribution >= 4 is 11.8 Å². The van der Waals surface area contributed by atoms with Gasteiger partial charge in [-0.25, -0.2) is 0 Å². The lowest BCUT2D eigenvalue weighted by Gasteiger charge is -2.03. The van der Waals surface area contributed by atoms with E-state index >= 15 is 0 Å². The van der Waals surface area contributed by atoms with Crippen LogP contribution in [0.25, 0.3) is 0 Å². The first kappa shape index (κ1) is 8.00. The summed E-state index contributed by atoms with van der Waals surface area (Å²) in [5.74, 6) is 1.86. The van der Waals surface area contributed by atoms with Crippen molar-refractivity contribution in [2.45, 2.75) is 11.6 Å². The fourth-order valence-electron chi connectivity index (χ4n) is 1.26. The van der Waals surface area contributed by atoms with Gasteiger partial charge in [0.25, 0.3) is 0 Å². The molecule has 2 heterocycles. The van der Waals surface area contributed by atoms with Gasteiger partial charge in [-0.2, -0.15) is 5.21 Å². The maximum atomic E-state index is 3.87. The largest absolute Gasteiger partial charge is 0.316 e. The maximum absolute atomic E-state index is 3.87. The SMILES string of the molecule is C1CC(CSc2nn[nH]n2)CN1. The van der Waals surface area contributed by atoms with Crippen LogP contribution in [0.4, 0.5) is 0 Å². The number of rotatable bonds is 3. The number of H-pyrrole nitrogens is 1. The van der Waals surface area contributed by atoms with Crippen molar-refractivity contribution < 1.29 is 0 Å². The van der Waals surface area contributed by atoms with Crippen LogP contribution in [-0.4, -0.2) is 39.5 Å². The highest BCUT2D eigenvalue weighted by Crippen LogP contribution is 2.18. The summed E-state index contributed by atoms with van der Waals surface area (Å²) in [7, 11) is 0. The van der Waals surface area contributed by atoms with E-state index in [4.69, 9.17) is 0 Å². The van der Waals surface area contributed by atoms with Crippen LogP contribution in [0.15, 0.2) is 5.16 Å². The second-order valence-electron chi connectivity index (χ2n) is 2.86. The minimum atomic E-state index is 0.752. The van der Waals surface area contributed by atoms with E-state index in [-0.39, 0.29) is 0 Å². The highest BCUT2D eigenvalue weighted by atomic mass is 32.2. The molecule has 1 atom stereocenters. The number of hydrogen-bond acceptors (Lipinski definition) is 5. The molecule has 66 valence electrons. The molecule has 1 saturated heterocycles. The van der Waals surface area contributed by atoms with Crippen molar-refractivity contribution in [2.75, 3.05) is 18.8 Å². The predicted molar refractivity (Wildman–Crippen MR) is 45.9 cm³/mol. The third-order valence-electron chi connectivity index (χ3n) is 1.94. The lowest BCUT2D eigenvalue weighted by Crippen LogP contribution is -2.10. The number of hydrogen-bond donors (Lipinski definition) is 2. The molecule has 1 aliphatic rings. The Labute approximate surface area is 74.7 Å². The minimum absolute atomic E-state index is 0.752. The van der Waals surface area contributed by atoms with Crippen molar-refractivity contribution in [3.63, 3.8) is 0 Å². The summed E-state index contributed by atoms with van der Waals surface area (Å²) in [6.45, 7) is 2.28. The number of tetrazole rings is 1. The number of nitrogens with one attached hydrogen (secondary N) is 2. The van der Waals surface area contributed by atoms with E-state index in [2.05, 4.69) is 25.9 Å². The third-order valence-corrected chi connectivity index (χ3v) is 3.01. The van der Waals surface area contributed by atoms with Gasteiger partial charge in [-0.3, -0.25) is 0 Å². The Hall–Kier alpha value is -0.620. The molecule has 1 unspecified atom stereocenters. The van der Waals surface area contributed by atoms with Gasteiger partial charge in [-0.1, -0.05) is 11.8 Å². The van der Waals surface area contributed by atoms with E-state index in [0.717, 1.165) is 29.9 Å². The molecule has 2 rings (SSSR count). The zero-order valence-electron chi connectivity index (χ0n) is 6.66. The van der Waals surface area contributed by atoms with Crippen LogP contribution in [0.5, 0.6) is 0 Å². The molecule has 0 amide bonds. The lowest BCUT2D eigenvalue weighted by atomic mass is 10.2. The van der Waals surface area contributed by atoms with Gasteiger partial charge in [-0.15, -0.1) is 10.2 Å².